The third-order valence-electron chi connectivity index (χ3n) is 3.94. The van der Waals surface area contributed by atoms with Crippen LogP contribution in [0.15, 0.2) is 0 Å². The fourth-order valence-corrected chi connectivity index (χ4v) is 2.64. The number of hydrogen-bond acceptors (Lipinski definition) is 0. The molecule has 0 aromatic carbocycles. The molecule has 0 saturated carbocycles. The van der Waals surface area contributed by atoms with Crippen LogP contribution >= 0.6 is 0 Å². The normalized spacial score (nSPS) is 10.7. The number of nitrogens with zero attached hydrogens (tertiary/aromatic N) is 1. The molecule has 3 heteroatoms. The molecular formula is C16H40NO2+. The lowest BCUT2D eigenvalue weighted by Gasteiger charge is -2.39. The maximum Gasteiger partial charge on any atom is 0.0786 e. The Kier molecular flexibility index (Phi) is 20.1. The molecule has 0 bridgehead atoms. The number of unbranched alkanes of at least 4 members (excludes halogenated alkanes) is 4. The van der Waals surface area contributed by atoms with Crippen LogP contribution in [-0.2, 0) is 0 Å². The minimum atomic E-state index is 0. The molecule has 120 valence electrons. The Hall–Kier alpha value is -0.120. The smallest absolute Gasteiger partial charge is 0.0786 e. The summed E-state index contributed by atoms with van der Waals surface area (Å²) in [7, 11) is 0. The van der Waals surface area contributed by atoms with E-state index in [9.17, 15) is 0 Å². The van der Waals surface area contributed by atoms with E-state index in [-0.39, 0.29) is 11.0 Å². The second-order valence-electron chi connectivity index (χ2n) is 5.65. The molecule has 0 amide bonds. The molecule has 0 aliphatic rings. The molecule has 0 saturated heterocycles. The van der Waals surface area contributed by atoms with E-state index >= 15 is 0 Å². The van der Waals surface area contributed by atoms with Crippen molar-refractivity contribution < 1.29 is 15.4 Å². The van der Waals surface area contributed by atoms with Gasteiger partial charge in [-0.3, -0.25) is 0 Å². The summed E-state index contributed by atoms with van der Waals surface area (Å²) >= 11 is 0. The zero-order valence-electron chi connectivity index (χ0n) is 13.9. The first-order valence-corrected chi connectivity index (χ1v) is 8.09. The summed E-state index contributed by atoms with van der Waals surface area (Å²) in [6, 6.07) is 0. The van der Waals surface area contributed by atoms with Gasteiger partial charge in [-0.15, -0.1) is 0 Å². The first-order chi connectivity index (χ1) is 8.24. The molecule has 4 N–H and O–H groups in total. The summed E-state index contributed by atoms with van der Waals surface area (Å²) in [6.45, 7) is 15.0. The summed E-state index contributed by atoms with van der Waals surface area (Å²) in [5.41, 5.74) is 0. The highest BCUT2D eigenvalue weighted by atomic mass is 16.0. The molecule has 0 aromatic heterocycles. The van der Waals surface area contributed by atoms with Crippen molar-refractivity contribution in [3.8, 4) is 0 Å². The van der Waals surface area contributed by atoms with Crippen molar-refractivity contribution in [2.75, 3.05) is 26.2 Å². The van der Waals surface area contributed by atoms with E-state index in [4.69, 9.17) is 0 Å². The van der Waals surface area contributed by atoms with Gasteiger partial charge in [-0.2, -0.15) is 0 Å². The van der Waals surface area contributed by atoms with Crippen LogP contribution in [-0.4, -0.2) is 41.6 Å². The average Bonchev–Trinajstić information content (AvgIpc) is 2.37. The van der Waals surface area contributed by atoms with Gasteiger partial charge in [0.1, 0.15) is 0 Å². The Morgan fingerprint density at radius 1 is 0.474 bits per heavy atom. The van der Waals surface area contributed by atoms with Gasteiger partial charge in [0.2, 0.25) is 0 Å². The Labute approximate surface area is 121 Å². The number of rotatable bonds is 12. The summed E-state index contributed by atoms with van der Waals surface area (Å²) < 4.78 is 1.42. The van der Waals surface area contributed by atoms with Crippen LogP contribution in [0, 0.1) is 0 Å². The fourth-order valence-electron chi connectivity index (χ4n) is 2.64. The van der Waals surface area contributed by atoms with Crippen molar-refractivity contribution >= 4 is 0 Å². The van der Waals surface area contributed by atoms with Crippen LogP contribution in [0.1, 0.15) is 79.1 Å². The van der Waals surface area contributed by atoms with Crippen LogP contribution in [0.25, 0.3) is 0 Å². The van der Waals surface area contributed by atoms with E-state index in [1.54, 1.807) is 0 Å². The van der Waals surface area contributed by atoms with Crippen molar-refractivity contribution in [3.63, 3.8) is 0 Å². The van der Waals surface area contributed by atoms with Gasteiger partial charge in [0, 0.05) is 0 Å². The van der Waals surface area contributed by atoms with E-state index in [0.717, 1.165) is 0 Å². The lowest BCUT2D eigenvalue weighted by atomic mass is 10.1. The summed E-state index contributed by atoms with van der Waals surface area (Å²) in [5, 5.41) is 0. The molecule has 0 aliphatic heterocycles. The Bertz CT molecular complexity index is 125. The van der Waals surface area contributed by atoms with Crippen LogP contribution in [0.4, 0.5) is 0 Å². The van der Waals surface area contributed by atoms with Gasteiger partial charge in [0.05, 0.1) is 26.2 Å². The molecule has 0 fully saturated rings. The third-order valence-corrected chi connectivity index (χ3v) is 3.94. The molecule has 0 aromatic rings. The van der Waals surface area contributed by atoms with Gasteiger partial charge in [0.25, 0.3) is 0 Å². The highest BCUT2D eigenvalue weighted by molar-refractivity contribution is 4.49. The van der Waals surface area contributed by atoms with Crippen molar-refractivity contribution in [2.24, 2.45) is 0 Å². The molecule has 0 atom stereocenters. The van der Waals surface area contributed by atoms with Crippen molar-refractivity contribution in [1.82, 2.24) is 0 Å². The topological polar surface area (TPSA) is 63.0 Å². The first-order valence-electron chi connectivity index (χ1n) is 8.09. The standard InChI is InChI=1S/C16H36N.2H2O/c1-5-9-13-17(14-10-6-2,15-11-7-3)16-12-8-4;;/h5-16H2,1-4H3;2*1H2/q+1;;. The van der Waals surface area contributed by atoms with Crippen molar-refractivity contribution in [3.05, 3.63) is 0 Å². The predicted molar refractivity (Wildman–Crippen MR) is 86.6 cm³/mol. The lowest BCUT2D eigenvalue weighted by Crippen LogP contribution is -2.50. The minimum Gasteiger partial charge on any atom is -0.412 e. The molecule has 0 unspecified atom stereocenters. The molecule has 19 heavy (non-hydrogen) atoms. The number of quaternary nitrogens is 1. The molecule has 0 heterocycles. The van der Waals surface area contributed by atoms with E-state index in [1.807, 2.05) is 0 Å². The molecule has 0 aliphatic carbocycles. The highest BCUT2D eigenvalue weighted by Gasteiger charge is 2.24. The largest absolute Gasteiger partial charge is 0.412 e. The van der Waals surface area contributed by atoms with Crippen molar-refractivity contribution in [1.29, 1.82) is 0 Å². The van der Waals surface area contributed by atoms with Crippen LogP contribution < -0.4 is 0 Å². The van der Waals surface area contributed by atoms with Gasteiger partial charge in [-0.25, -0.2) is 0 Å². The Balaban J connectivity index is -0.00000128. The minimum absolute atomic E-state index is 0. The molecule has 0 radical (unpaired) electrons. The molecule has 3 nitrogen and oxygen atoms in total. The first kappa shape index (κ1) is 23.9. The second-order valence-corrected chi connectivity index (χ2v) is 5.65. The predicted octanol–water partition coefficient (Wildman–Crippen LogP) is 3.35. The third kappa shape index (κ3) is 11.4. The van der Waals surface area contributed by atoms with E-state index in [0.29, 0.717) is 0 Å². The highest BCUT2D eigenvalue weighted by Crippen LogP contribution is 2.16. The fraction of sp³-hybridized carbons (Fsp3) is 1.00. The van der Waals surface area contributed by atoms with E-state index in [1.165, 1.54) is 82.0 Å². The summed E-state index contributed by atoms with van der Waals surface area (Å²) in [6.07, 6.45) is 11.1. The zero-order chi connectivity index (χ0) is 13.0. The van der Waals surface area contributed by atoms with Crippen LogP contribution in [0.5, 0.6) is 0 Å². The number of hydrogen-bond donors (Lipinski definition) is 0. The Morgan fingerprint density at radius 2 is 0.684 bits per heavy atom. The SMILES string of the molecule is CCCC[N+](CCCC)(CCCC)CCCC.O.O. The van der Waals surface area contributed by atoms with Crippen molar-refractivity contribution in [2.45, 2.75) is 79.1 Å². The summed E-state index contributed by atoms with van der Waals surface area (Å²) in [5.74, 6) is 0. The van der Waals surface area contributed by atoms with Crippen LogP contribution in [0.2, 0.25) is 0 Å². The summed E-state index contributed by atoms with van der Waals surface area (Å²) in [4.78, 5) is 0. The van der Waals surface area contributed by atoms with Gasteiger partial charge < -0.3 is 15.4 Å². The lowest BCUT2D eigenvalue weighted by molar-refractivity contribution is -0.929. The van der Waals surface area contributed by atoms with E-state index < -0.39 is 0 Å². The van der Waals surface area contributed by atoms with Gasteiger partial charge in [0.15, 0.2) is 0 Å². The molecule has 0 rings (SSSR count). The quantitative estimate of drug-likeness (QED) is 0.491. The van der Waals surface area contributed by atoms with Gasteiger partial charge in [-0.05, 0) is 25.7 Å². The maximum absolute atomic E-state index is 2.33. The van der Waals surface area contributed by atoms with Gasteiger partial charge >= 0.3 is 0 Å². The van der Waals surface area contributed by atoms with Crippen LogP contribution in [0.3, 0.4) is 0 Å². The molecular weight excluding hydrogens is 238 g/mol. The second kappa shape index (κ2) is 15.9. The average molecular weight is 279 g/mol. The Morgan fingerprint density at radius 3 is 0.842 bits per heavy atom. The zero-order valence-corrected chi connectivity index (χ0v) is 13.9. The van der Waals surface area contributed by atoms with E-state index in [2.05, 4.69) is 27.7 Å². The monoisotopic (exact) mass is 278 g/mol. The molecule has 0 spiro atoms. The maximum atomic E-state index is 2.33. The van der Waals surface area contributed by atoms with Gasteiger partial charge in [-0.1, -0.05) is 53.4 Å².